The Balaban J connectivity index is 2.67. The zero-order valence-corrected chi connectivity index (χ0v) is 6.46. The van der Waals surface area contributed by atoms with Crippen LogP contribution in [-0.4, -0.2) is 28.5 Å². The molecular weight excluding hydrogens is 146 g/mol. The Kier molecular flexibility index (Phi) is 1.76. The fraction of sp³-hybridized carbons (Fsp3) is 0.571. The molecule has 60 valence electrons. The summed E-state index contributed by atoms with van der Waals surface area (Å²) in [4.78, 5) is 33.2. The summed E-state index contributed by atoms with van der Waals surface area (Å²) < 4.78 is 0. The Labute approximate surface area is 64.2 Å². The lowest BCUT2D eigenvalue weighted by Crippen LogP contribution is -2.55. The van der Waals surface area contributed by atoms with E-state index in [0.717, 1.165) is 4.90 Å². The van der Waals surface area contributed by atoms with Crippen LogP contribution in [-0.2, 0) is 14.4 Å². The minimum absolute atomic E-state index is 0.0440. The number of nitrogens with zero attached hydrogens (tertiary/aromatic N) is 1. The van der Waals surface area contributed by atoms with Crippen molar-refractivity contribution in [1.29, 1.82) is 0 Å². The van der Waals surface area contributed by atoms with Gasteiger partial charge in [-0.15, -0.1) is 0 Å². The van der Waals surface area contributed by atoms with Crippen LogP contribution in [0.5, 0.6) is 0 Å². The monoisotopic (exact) mass is 155 g/mol. The zero-order valence-electron chi connectivity index (χ0n) is 6.46. The molecule has 11 heavy (non-hydrogen) atoms. The molecule has 1 atom stereocenters. The van der Waals surface area contributed by atoms with Gasteiger partial charge in [0.25, 0.3) is 0 Å². The maximum atomic E-state index is 10.7. The fourth-order valence-electron chi connectivity index (χ4n) is 0.961. The largest absolute Gasteiger partial charge is 0.298 e. The Morgan fingerprint density at radius 3 is 2.09 bits per heavy atom. The number of carbonyl (C=O) groups is 3. The van der Waals surface area contributed by atoms with Gasteiger partial charge in [0.05, 0.1) is 6.04 Å². The topological polar surface area (TPSA) is 54.5 Å². The van der Waals surface area contributed by atoms with E-state index < -0.39 is 6.04 Å². The van der Waals surface area contributed by atoms with Gasteiger partial charge in [-0.1, -0.05) is 0 Å². The first-order chi connectivity index (χ1) is 5.04. The lowest BCUT2D eigenvalue weighted by Gasteiger charge is -2.32. The maximum Gasteiger partial charge on any atom is 0.239 e. The van der Waals surface area contributed by atoms with Gasteiger partial charge in [0.1, 0.15) is 6.42 Å². The predicted molar refractivity (Wildman–Crippen MR) is 36.6 cm³/mol. The third-order valence-corrected chi connectivity index (χ3v) is 1.82. The molecule has 0 bridgehead atoms. The number of β-lactam (4-membered cyclic amide) rings is 2. The van der Waals surface area contributed by atoms with Crippen LogP contribution in [0.4, 0.5) is 0 Å². The number of likely N-dealkylation sites (tertiary alicyclic amines) is 1. The summed E-state index contributed by atoms with van der Waals surface area (Å²) in [5.41, 5.74) is 0. The average molecular weight is 155 g/mol. The second-order valence-electron chi connectivity index (χ2n) is 2.62. The van der Waals surface area contributed by atoms with E-state index in [1.807, 2.05) is 0 Å². The summed E-state index contributed by atoms with van der Waals surface area (Å²) in [6.45, 7) is 2.92. The minimum atomic E-state index is -0.580. The van der Waals surface area contributed by atoms with Crippen molar-refractivity contribution in [2.24, 2.45) is 0 Å². The normalized spacial score (nSPS) is 19.6. The highest BCUT2D eigenvalue weighted by Crippen LogP contribution is 2.15. The van der Waals surface area contributed by atoms with Crippen LogP contribution >= 0.6 is 0 Å². The first kappa shape index (κ1) is 7.91. The number of rotatable bonds is 2. The standard InChI is InChI=1S/C7H9NO3/c1-4(5(2)9)8-6(10)3-7(8)11/h4H,3H2,1-2H3. The van der Waals surface area contributed by atoms with Crippen molar-refractivity contribution in [2.45, 2.75) is 26.3 Å². The molecule has 1 saturated heterocycles. The van der Waals surface area contributed by atoms with Crippen molar-refractivity contribution in [3.8, 4) is 0 Å². The number of ketones is 1. The quantitative estimate of drug-likeness (QED) is 0.407. The molecule has 0 radical (unpaired) electrons. The highest BCUT2D eigenvalue weighted by atomic mass is 16.2. The summed E-state index contributed by atoms with van der Waals surface area (Å²) in [7, 11) is 0. The first-order valence-corrected chi connectivity index (χ1v) is 3.39. The lowest BCUT2D eigenvalue weighted by atomic mass is 10.1. The van der Waals surface area contributed by atoms with Gasteiger partial charge in [-0.3, -0.25) is 19.3 Å². The molecule has 1 fully saturated rings. The molecule has 1 aliphatic heterocycles. The van der Waals surface area contributed by atoms with E-state index in [1.54, 1.807) is 6.92 Å². The van der Waals surface area contributed by atoms with E-state index in [9.17, 15) is 14.4 Å². The SMILES string of the molecule is CC(=O)C(C)N1C(=O)CC1=O. The molecule has 0 aromatic rings. The lowest BCUT2D eigenvalue weighted by molar-refractivity contribution is -0.162. The number of carbonyl (C=O) groups excluding carboxylic acids is 3. The van der Waals surface area contributed by atoms with Crippen molar-refractivity contribution in [1.82, 2.24) is 4.90 Å². The van der Waals surface area contributed by atoms with Crippen molar-refractivity contribution in [3.63, 3.8) is 0 Å². The molecule has 2 amide bonds. The number of amides is 2. The van der Waals surface area contributed by atoms with Gasteiger partial charge in [-0.25, -0.2) is 0 Å². The Morgan fingerprint density at radius 2 is 1.91 bits per heavy atom. The van der Waals surface area contributed by atoms with Crippen LogP contribution in [0.3, 0.4) is 0 Å². The van der Waals surface area contributed by atoms with Gasteiger partial charge in [0.2, 0.25) is 11.8 Å². The van der Waals surface area contributed by atoms with Crippen molar-refractivity contribution in [3.05, 3.63) is 0 Å². The van der Waals surface area contributed by atoms with E-state index in [2.05, 4.69) is 0 Å². The molecule has 4 nitrogen and oxygen atoms in total. The molecule has 0 aliphatic carbocycles. The van der Waals surface area contributed by atoms with E-state index in [-0.39, 0.29) is 24.0 Å². The minimum Gasteiger partial charge on any atom is -0.298 e. The number of Topliss-reactive ketones (excluding diaryl/α,β-unsaturated/α-hetero) is 1. The van der Waals surface area contributed by atoms with Crippen molar-refractivity contribution < 1.29 is 14.4 Å². The molecule has 4 heteroatoms. The fourth-order valence-corrected chi connectivity index (χ4v) is 0.961. The van der Waals surface area contributed by atoms with Gasteiger partial charge < -0.3 is 0 Å². The average Bonchev–Trinajstić information content (AvgIpc) is 1.86. The van der Waals surface area contributed by atoms with Crippen LogP contribution < -0.4 is 0 Å². The van der Waals surface area contributed by atoms with E-state index >= 15 is 0 Å². The van der Waals surface area contributed by atoms with E-state index in [4.69, 9.17) is 0 Å². The molecule has 0 spiro atoms. The molecule has 0 saturated carbocycles. The van der Waals surface area contributed by atoms with Gasteiger partial charge in [0.15, 0.2) is 5.78 Å². The summed E-state index contributed by atoms with van der Waals surface area (Å²) in [5.74, 6) is -0.665. The molecule has 0 aromatic carbocycles. The molecule has 1 aliphatic rings. The van der Waals surface area contributed by atoms with Crippen LogP contribution in [0.15, 0.2) is 0 Å². The highest BCUT2D eigenvalue weighted by Gasteiger charge is 2.39. The van der Waals surface area contributed by atoms with Crippen LogP contribution in [0.25, 0.3) is 0 Å². The Bertz CT molecular complexity index is 220. The second kappa shape index (κ2) is 2.45. The van der Waals surface area contributed by atoms with Crippen LogP contribution in [0.1, 0.15) is 20.3 Å². The van der Waals surface area contributed by atoms with E-state index in [0.29, 0.717) is 0 Å². The zero-order chi connectivity index (χ0) is 8.59. The predicted octanol–water partition coefficient (Wildman–Crippen LogP) is -0.277. The summed E-state index contributed by atoms with van der Waals surface area (Å²) in [6.07, 6.45) is -0.0440. The molecule has 1 heterocycles. The second-order valence-corrected chi connectivity index (χ2v) is 2.62. The molecule has 0 aromatic heterocycles. The highest BCUT2D eigenvalue weighted by molar-refractivity contribution is 6.16. The Morgan fingerprint density at radius 1 is 1.45 bits per heavy atom. The molecule has 0 N–H and O–H groups in total. The molecular formula is C7H9NO3. The first-order valence-electron chi connectivity index (χ1n) is 3.39. The van der Waals surface area contributed by atoms with Crippen LogP contribution in [0, 0.1) is 0 Å². The van der Waals surface area contributed by atoms with Gasteiger partial charge in [-0.05, 0) is 13.8 Å². The van der Waals surface area contributed by atoms with Gasteiger partial charge in [-0.2, -0.15) is 0 Å². The molecule has 1 rings (SSSR count). The van der Waals surface area contributed by atoms with Crippen molar-refractivity contribution >= 4 is 17.6 Å². The van der Waals surface area contributed by atoms with Gasteiger partial charge in [0, 0.05) is 0 Å². The maximum absolute atomic E-state index is 10.7. The van der Waals surface area contributed by atoms with Crippen LogP contribution in [0.2, 0.25) is 0 Å². The third-order valence-electron chi connectivity index (χ3n) is 1.82. The summed E-state index contributed by atoms with van der Waals surface area (Å²) in [6, 6.07) is -0.580. The summed E-state index contributed by atoms with van der Waals surface area (Å²) >= 11 is 0. The smallest absolute Gasteiger partial charge is 0.239 e. The number of imide groups is 1. The molecule has 1 unspecified atom stereocenters. The Hall–Kier alpha value is -1.19. The van der Waals surface area contributed by atoms with Crippen molar-refractivity contribution in [2.75, 3.05) is 0 Å². The number of hydrogen-bond acceptors (Lipinski definition) is 3. The summed E-state index contributed by atoms with van der Waals surface area (Å²) in [5, 5.41) is 0. The number of hydrogen-bond donors (Lipinski definition) is 0. The van der Waals surface area contributed by atoms with Gasteiger partial charge >= 0.3 is 0 Å². The third kappa shape index (κ3) is 1.15. The van der Waals surface area contributed by atoms with E-state index in [1.165, 1.54) is 6.92 Å².